The second kappa shape index (κ2) is 3.35. The van der Waals surface area contributed by atoms with Crippen LogP contribution >= 0.6 is 12.2 Å². The van der Waals surface area contributed by atoms with Crippen molar-refractivity contribution in [2.24, 2.45) is 0 Å². The van der Waals surface area contributed by atoms with Crippen molar-refractivity contribution in [2.45, 2.75) is 32.1 Å². The highest BCUT2D eigenvalue weighted by atomic mass is 32.1. The number of rotatable bonds is 0. The number of thiocarbonyl (C=S) groups is 1. The van der Waals surface area contributed by atoms with E-state index < -0.39 is 0 Å². The molecular formula is C12H17NS. The first-order chi connectivity index (χ1) is 6.83. The molecule has 1 aromatic rings. The van der Waals surface area contributed by atoms with E-state index in [0.717, 1.165) is 4.99 Å². The molecule has 3 rings (SSSR count). The zero-order valence-electron chi connectivity index (χ0n) is 8.63. The van der Waals surface area contributed by atoms with Crippen LogP contribution in [0, 0.1) is 0 Å². The highest BCUT2D eigenvalue weighted by Crippen LogP contribution is 2.55. The Kier molecular flexibility index (Phi) is 2.31. The summed E-state index contributed by atoms with van der Waals surface area (Å²) in [6.07, 6.45) is 2.46. The Morgan fingerprint density at radius 1 is 1.29 bits per heavy atom. The van der Waals surface area contributed by atoms with E-state index >= 15 is 0 Å². The molecule has 1 saturated carbocycles. The van der Waals surface area contributed by atoms with Gasteiger partial charge in [-0.15, -0.1) is 0 Å². The van der Waals surface area contributed by atoms with Crippen LogP contribution in [0.15, 0.2) is 24.3 Å². The van der Waals surface area contributed by atoms with Gasteiger partial charge in [-0.1, -0.05) is 44.3 Å². The van der Waals surface area contributed by atoms with Crippen molar-refractivity contribution in [3.05, 3.63) is 29.8 Å². The Morgan fingerprint density at radius 2 is 1.93 bits per heavy atom. The van der Waals surface area contributed by atoms with Crippen LogP contribution in [0.1, 0.15) is 33.7 Å². The summed E-state index contributed by atoms with van der Waals surface area (Å²) in [7, 11) is 0. The molecule has 1 aliphatic heterocycles. The van der Waals surface area contributed by atoms with E-state index in [2.05, 4.69) is 29.6 Å². The van der Waals surface area contributed by atoms with Gasteiger partial charge in [0.25, 0.3) is 0 Å². The quantitative estimate of drug-likeness (QED) is 0.650. The van der Waals surface area contributed by atoms with Crippen molar-refractivity contribution >= 4 is 22.9 Å². The Hall–Kier alpha value is -0.890. The fraction of sp³-hybridized carbons (Fsp3) is 0.417. The molecule has 1 N–H and O–H groups in total. The van der Waals surface area contributed by atoms with Crippen LogP contribution in [0.3, 0.4) is 0 Å². The Labute approximate surface area is 92.0 Å². The molecule has 0 radical (unpaired) electrons. The second-order valence-corrected chi connectivity index (χ2v) is 3.99. The van der Waals surface area contributed by atoms with Crippen molar-refractivity contribution in [2.75, 3.05) is 5.32 Å². The minimum Gasteiger partial charge on any atom is -0.349 e. The predicted octanol–water partition coefficient (Wildman–Crippen LogP) is 3.74. The zero-order chi connectivity index (χ0) is 10.2. The summed E-state index contributed by atoms with van der Waals surface area (Å²) in [5, 5.41) is 3.28. The summed E-state index contributed by atoms with van der Waals surface area (Å²) in [5.74, 6) is 0. The molecule has 1 aliphatic carbocycles. The van der Waals surface area contributed by atoms with E-state index in [4.69, 9.17) is 12.2 Å². The molecule has 1 aromatic carbocycles. The molecule has 76 valence electrons. The molecule has 0 unspecified atom stereocenters. The molecule has 14 heavy (non-hydrogen) atoms. The number of benzene rings is 1. The highest BCUT2D eigenvalue weighted by molar-refractivity contribution is 7.80. The third-order valence-corrected chi connectivity index (χ3v) is 3.37. The summed E-state index contributed by atoms with van der Waals surface area (Å²) < 4.78 is 0. The first-order valence-electron chi connectivity index (χ1n) is 5.24. The van der Waals surface area contributed by atoms with Gasteiger partial charge in [-0.25, -0.2) is 0 Å². The SMILES string of the molecule is CC.S=C1Nc2ccccc2C12CC2.[HH]. The molecule has 0 bridgehead atoms. The predicted molar refractivity (Wildman–Crippen MR) is 67.0 cm³/mol. The van der Waals surface area contributed by atoms with Gasteiger partial charge < -0.3 is 5.32 Å². The molecule has 0 atom stereocenters. The molecule has 1 fully saturated rings. The van der Waals surface area contributed by atoms with Gasteiger partial charge in [-0.2, -0.15) is 0 Å². The number of fused-ring (bicyclic) bond motifs is 2. The van der Waals surface area contributed by atoms with Gasteiger partial charge in [-0.3, -0.25) is 0 Å². The van der Waals surface area contributed by atoms with Gasteiger partial charge in [0.2, 0.25) is 0 Å². The maximum Gasteiger partial charge on any atom is 0.0905 e. The number of nitrogens with one attached hydrogen (secondary N) is 1. The van der Waals surface area contributed by atoms with Crippen molar-refractivity contribution in [3.8, 4) is 0 Å². The van der Waals surface area contributed by atoms with Gasteiger partial charge in [0.1, 0.15) is 0 Å². The lowest BCUT2D eigenvalue weighted by atomic mass is 9.99. The van der Waals surface area contributed by atoms with E-state index in [1.807, 2.05) is 13.8 Å². The van der Waals surface area contributed by atoms with E-state index in [0.29, 0.717) is 0 Å². The normalized spacial score (nSPS) is 19.4. The number of hydrogen-bond acceptors (Lipinski definition) is 1. The van der Waals surface area contributed by atoms with E-state index in [1.165, 1.54) is 24.1 Å². The fourth-order valence-corrected chi connectivity index (χ4v) is 2.42. The van der Waals surface area contributed by atoms with Gasteiger partial charge in [0.15, 0.2) is 0 Å². The number of hydrogen-bond donors (Lipinski definition) is 1. The largest absolute Gasteiger partial charge is 0.349 e. The van der Waals surface area contributed by atoms with Crippen molar-refractivity contribution in [1.82, 2.24) is 0 Å². The van der Waals surface area contributed by atoms with E-state index in [-0.39, 0.29) is 6.84 Å². The lowest BCUT2D eigenvalue weighted by Gasteiger charge is -2.04. The van der Waals surface area contributed by atoms with E-state index in [1.54, 1.807) is 0 Å². The monoisotopic (exact) mass is 207 g/mol. The molecule has 0 amide bonds. The Bertz CT molecular complexity index is 372. The maximum atomic E-state index is 5.31. The number of anilines is 1. The summed E-state index contributed by atoms with van der Waals surface area (Å²) in [6.45, 7) is 4.00. The molecule has 1 heterocycles. The van der Waals surface area contributed by atoms with Gasteiger partial charge in [0, 0.05) is 12.5 Å². The van der Waals surface area contributed by atoms with Crippen LogP contribution < -0.4 is 5.32 Å². The summed E-state index contributed by atoms with van der Waals surface area (Å²) in [5.41, 5.74) is 2.89. The summed E-state index contributed by atoms with van der Waals surface area (Å²) in [6, 6.07) is 8.44. The fourth-order valence-electron chi connectivity index (χ4n) is 2.00. The summed E-state index contributed by atoms with van der Waals surface area (Å²) >= 11 is 5.31. The molecule has 2 heteroatoms. The van der Waals surface area contributed by atoms with Crippen LogP contribution in [0.4, 0.5) is 5.69 Å². The first-order valence-corrected chi connectivity index (χ1v) is 5.65. The lowest BCUT2D eigenvalue weighted by Crippen LogP contribution is -2.15. The maximum absolute atomic E-state index is 5.31. The van der Waals surface area contributed by atoms with Crippen molar-refractivity contribution < 1.29 is 1.43 Å². The minimum atomic E-state index is 0. The molecule has 1 spiro atoms. The van der Waals surface area contributed by atoms with Gasteiger partial charge in [0.05, 0.1) is 4.99 Å². The topological polar surface area (TPSA) is 12.0 Å². The van der Waals surface area contributed by atoms with Crippen LogP contribution in [0.2, 0.25) is 0 Å². The lowest BCUT2D eigenvalue weighted by molar-refractivity contribution is 0.999. The van der Waals surface area contributed by atoms with Crippen LogP contribution in [0.5, 0.6) is 0 Å². The van der Waals surface area contributed by atoms with Crippen LogP contribution in [0.25, 0.3) is 0 Å². The molecule has 0 saturated heterocycles. The smallest absolute Gasteiger partial charge is 0.0905 e. The van der Waals surface area contributed by atoms with Crippen LogP contribution in [-0.2, 0) is 5.41 Å². The second-order valence-electron chi connectivity index (χ2n) is 3.58. The van der Waals surface area contributed by atoms with E-state index in [9.17, 15) is 0 Å². The van der Waals surface area contributed by atoms with Gasteiger partial charge >= 0.3 is 0 Å². The molecule has 1 nitrogen and oxygen atoms in total. The Balaban J connectivity index is 0.000000356. The first kappa shape index (κ1) is 9.66. The van der Waals surface area contributed by atoms with Gasteiger partial charge in [-0.05, 0) is 24.5 Å². The zero-order valence-corrected chi connectivity index (χ0v) is 9.45. The number of para-hydroxylation sites is 1. The standard InChI is InChI=1S/C10H9NS.C2H6.H2/c12-9-10(5-6-10)7-3-1-2-4-8(7)11-9;1-2;/h1-4H,5-6H2,(H,11,12);1-2H3;1H. The van der Waals surface area contributed by atoms with Crippen molar-refractivity contribution in [3.63, 3.8) is 0 Å². The third kappa shape index (κ3) is 1.17. The molecule has 2 aliphatic rings. The molecular weight excluding hydrogens is 190 g/mol. The summed E-state index contributed by atoms with van der Waals surface area (Å²) in [4.78, 5) is 1.03. The Morgan fingerprint density at radius 3 is 2.57 bits per heavy atom. The van der Waals surface area contributed by atoms with Crippen LogP contribution in [-0.4, -0.2) is 4.99 Å². The average Bonchev–Trinajstić information content (AvgIpc) is 2.97. The molecule has 0 aromatic heterocycles. The minimum absolute atomic E-state index is 0. The van der Waals surface area contributed by atoms with Crippen molar-refractivity contribution in [1.29, 1.82) is 0 Å². The third-order valence-electron chi connectivity index (χ3n) is 2.88. The highest BCUT2D eigenvalue weighted by Gasteiger charge is 2.52. The average molecular weight is 207 g/mol.